The van der Waals surface area contributed by atoms with Crippen molar-refractivity contribution in [2.45, 2.75) is 0 Å². The Morgan fingerprint density at radius 2 is 2.25 bits per heavy atom. The largest absolute Gasteiger partial charge is 0.298 e. The van der Waals surface area contributed by atoms with E-state index in [9.17, 15) is 4.79 Å². The monoisotopic (exact) mass is 214 g/mol. The second-order valence-electron chi connectivity index (χ2n) is 3.16. The van der Waals surface area contributed by atoms with Crippen LogP contribution in [0.2, 0.25) is 0 Å². The van der Waals surface area contributed by atoms with Gasteiger partial charge < -0.3 is 0 Å². The molecule has 0 aliphatic heterocycles. The molecule has 3 aromatic rings. The molecule has 3 heterocycles. The zero-order chi connectivity index (χ0) is 11.0. The van der Waals surface area contributed by atoms with Gasteiger partial charge in [0.15, 0.2) is 17.8 Å². The summed E-state index contributed by atoms with van der Waals surface area (Å²) in [6.45, 7) is 0. The van der Waals surface area contributed by atoms with Gasteiger partial charge in [0, 0.05) is 6.20 Å². The number of carbonyl (C=O) groups excluding carboxylic acids is 1. The summed E-state index contributed by atoms with van der Waals surface area (Å²) in [6, 6.07) is 3.53. The maximum atomic E-state index is 10.5. The third kappa shape index (κ3) is 1.26. The van der Waals surface area contributed by atoms with E-state index in [0.717, 1.165) is 6.29 Å². The van der Waals surface area contributed by atoms with Crippen molar-refractivity contribution in [2.75, 3.05) is 0 Å². The summed E-state index contributed by atoms with van der Waals surface area (Å²) >= 11 is 0. The van der Waals surface area contributed by atoms with E-state index in [-0.39, 0.29) is 0 Å². The van der Waals surface area contributed by atoms with Crippen LogP contribution < -0.4 is 0 Å². The molecule has 0 aromatic carbocycles. The Kier molecular flexibility index (Phi) is 1.76. The van der Waals surface area contributed by atoms with Crippen LogP contribution in [0.25, 0.3) is 11.5 Å². The third-order valence-corrected chi connectivity index (χ3v) is 2.12. The normalized spacial score (nSPS) is 10.8. The van der Waals surface area contributed by atoms with Crippen molar-refractivity contribution in [2.24, 2.45) is 0 Å². The first-order chi connectivity index (χ1) is 7.86. The average molecular weight is 214 g/mol. The molecule has 0 bridgehead atoms. The summed E-state index contributed by atoms with van der Waals surface area (Å²) < 4.78 is 3.06. The summed E-state index contributed by atoms with van der Waals surface area (Å²) in [5.41, 5.74) is 1.16. The second-order valence-corrected chi connectivity index (χ2v) is 3.16. The Balaban J connectivity index is 2.13. The highest BCUT2D eigenvalue weighted by atomic mass is 16.1. The maximum Gasteiger partial charge on any atom is 0.177 e. The van der Waals surface area contributed by atoms with Gasteiger partial charge in [0.1, 0.15) is 6.33 Å². The first-order valence-electron chi connectivity index (χ1n) is 4.54. The van der Waals surface area contributed by atoms with Crippen LogP contribution in [-0.4, -0.2) is 35.9 Å². The molecule has 0 unspecified atom stereocenters. The molecule has 0 radical (unpaired) electrons. The van der Waals surface area contributed by atoms with Gasteiger partial charge in [0.05, 0.1) is 11.8 Å². The molecule has 0 spiro atoms. The average Bonchev–Trinajstić information content (AvgIpc) is 2.96. The maximum absolute atomic E-state index is 10.5. The van der Waals surface area contributed by atoms with E-state index in [1.54, 1.807) is 18.3 Å². The summed E-state index contributed by atoms with van der Waals surface area (Å²) in [6.07, 6.45) is 5.32. The quantitative estimate of drug-likeness (QED) is 0.566. The number of hydrogen-bond acceptors (Lipinski definition) is 5. The second kappa shape index (κ2) is 3.23. The Labute approximate surface area is 89.3 Å². The molecule has 3 aromatic heterocycles. The van der Waals surface area contributed by atoms with Crippen LogP contribution in [0.1, 0.15) is 10.4 Å². The van der Waals surface area contributed by atoms with Gasteiger partial charge in [0.2, 0.25) is 0 Å². The Morgan fingerprint density at radius 3 is 3.06 bits per heavy atom. The number of carbonyl (C=O) groups is 1. The molecule has 78 valence electrons. The highest BCUT2D eigenvalue weighted by Gasteiger charge is 2.03. The third-order valence-electron chi connectivity index (χ3n) is 2.12. The fraction of sp³-hybridized carbons (Fsp3) is 0. The molecule has 7 heteroatoms. The van der Waals surface area contributed by atoms with Gasteiger partial charge in [-0.15, -0.1) is 15.3 Å². The fourth-order valence-corrected chi connectivity index (χ4v) is 1.36. The fourth-order valence-electron chi connectivity index (χ4n) is 1.36. The van der Waals surface area contributed by atoms with E-state index in [4.69, 9.17) is 0 Å². The molecule has 0 saturated heterocycles. The van der Waals surface area contributed by atoms with Crippen molar-refractivity contribution in [3.8, 4) is 5.82 Å². The highest BCUT2D eigenvalue weighted by Crippen LogP contribution is 2.05. The van der Waals surface area contributed by atoms with E-state index >= 15 is 0 Å². The van der Waals surface area contributed by atoms with Gasteiger partial charge in [-0.3, -0.25) is 4.79 Å². The molecule has 7 nitrogen and oxygen atoms in total. The minimum absolute atomic E-state index is 0.505. The first-order valence-corrected chi connectivity index (χ1v) is 4.54. The lowest BCUT2D eigenvalue weighted by Crippen LogP contribution is -2.01. The van der Waals surface area contributed by atoms with Crippen molar-refractivity contribution in [3.05, 3.63) is 36.4 Å². The molecule has 0 amide bonds. The predicted molar refractivity (Wildman–Crippen MR) is 53.3 cm³/mol. The summed E-state index contributed by atoms with van der Waals surface area (Å²) in [5.74, 6) is 0.598. The minimum atomic E-state index is 0.505. The van der Waals surface area contributed by atoms with E-state index in [0.29, 0.717) is 17.0 Å². The number of fused-ring (bicyclic) bond motifs is 1. The van der Waals surface area contributed by atoms with Crippen molar-refractivity contribution in [1.82, 2.24) is 29.6 Å². The van der Waals surface area contributed by atoms with Gasteiger partial charge in [0.25, 0.3) is 0 Å². The van der Waals surface area contributed by atoms with E-state index in [2.05, 4.69) is 20.4 Å². The zero-order valence-electron chi connectivity index (χ0n) is 8.06. The Bertz CT molecular complexity index is 655. The number of aromatic nitrogens is 6. The van der Waals surface area contributed by atoms with Gasteiger partial charge in [-0.05, 0) is 12.1 Å². The van der Waals surface area contributed by atoms with Crippen LogP contribution >= 0.6 is 0 Å². The van der Waals surface area contributed by atoms with Gasteiger partial charge in [-0.1, -0.05) is 0 Å². The molecular weight excluding hydrogens is 208 g/mol. The molecule has 16 heavy (non-hydrogen) atoms. The molecular formula is C9H6N6O. The molecule has 0 saturated carbocycles. The molecule has 3 rings (SSSR count). The number of aldehydes is 1. The number of nitrogens with zero attached hydrogens (tertiary/aromatic N) is 6. The lowest BCUT2D eigenvalue weighted by molar-refractivity contribution is 0.112. The zero-order valence-corrected chi connectivity index (χ0v) is 8.06. The molecule has 0 fully saturated rings. The lowest BCUT2D eigenvalue weighted by Gasteiger charge is -1.99. The van der Waals surface area contributed by atoms with Gasteiger partial charge >= 0.3 is 0 Å². The molecule has 0 aliphatic carbocycles. The SMILES string of the molecule is O=Cc1cnn(-c2ccc3nncn3n2)c1. The van der Waals surface area contributed by atoms with Crippen molar-refractivity contribution in [1.29, 1.82) is 0 Å². The molecule has 0 aliphatic rings. The standard InChI is InChI=1S/C9H6N6O/c16-5-7-3-11-14(4-7)9-2-1-8-12-10-6-15(8)13-9/h1-6H. The van der Waals surface area contributed by atoms with Crippen LogP contribution in [-0.2, 0) is 0 Å². The predicted octanol–water partition coefficient (Wildman–Crippen LogP) is 0.122. The van der Waals surface area contributed by atoms with Crippen LogP contribution in [0.4, 0.5) is 0 Å². The topological polar surface area (TPSA) is 78.0 Å². The van der Waals surface area contributed by atoms with E-state index in [1.165, 1.54) is 21.7 Å². The van der Waals surface area contributed by atoms with Crippen LogP contribution in [0, 0.1) is 0 Å². The van der Waals surface area contributed by atoms with E-state index in [1.807, 2.05) is 0 Å². The van der Waals surface area contributed by atoms with Crippen LogP contribution in [0.3, 0.4) is 0 Å². The summed E-state index contributed by atoms with van der Waals surface area (Å²) in [5, 5.41) is 15.8. The van der Waals surface area contributed by atoms with Gasteiger partial charge in [-0.2, -0.15) is 9.61 Å². The van der Waals surface area contributed by atoms with Crippen molar-refractivity contribution < 1.29 is 4.79 Å². The van der Waals surface area contributed by atoms with Crippen molar-refractivity contribution >= 4 is 11.9 Å². The Morgan fingerprint density at radius 1 is 1.31 bits per heavy atom. The van der Waals surface area contributed by atoms with E-state index < -0.39 is 0 Å². The summed E-state index contributed by atoms with van der Waals surface area (Å²) in [7, 11) is 0. The Hall–Kier alpha value is -2.57. The summed E-state index contributed by atoms with van der Waals surface area (Å²) in [4.78, 5) is 10.5. The first kappa shape index (κ1) is 8.72. The number of hydrogen-bond donors (Lipinski definition) is 0. The lowest BCUT2D eigenvalue weighted by atomic mass is 10.4. The highest BCUT2D eigenvalue weighted by molar-refractivity contribution is 5.73. The van der Waals surface area contributed by atoms with Gasteiger partial charge in [-0.25, -0.2) is 4.68 Å². The van der Waals surface area contributed by atoms with Crippen LogP contribution in [0.15, 0.2) is 30.9 Å². The van der Waals surface area contributed by atoms with Crippen molar-refractivity contribution in [3.63, 3.8) is 0 Å². The smallest absolute Gasteiger partial charge is 0.177 e. The van der Waals surface area contributed by atoms with Crippen LogP contribution in [0.5, 0.6) is 0 Å². The minimum Gasteiger partial charge on any atom is -0.298 e. The molecule has 0 atom stereocenters. The molecule has 0 N–H and O–H groups in total. The number of rotatable bonds is 2.